The first kappa shape index (κ1) is 102. The van der Waals surface area contributed by atoms with Crippen LogP contribution in [0.4, 0.5) is 0 Å². The first-order valence-corrected chi connectivity index (χ1v) is 46.9. The maximum absolute atomic E-state index is 13.1. The molecule has 0 aliphatic carbocycles. The molecule has 0 radical (unpaired) electrons. The first-order valence-electron chi connectivity index (χ1n) is 43.9. The number of aliphatic hydroxyl groups excluding tert-OH is 1. The number of carbonyl (C=O) groups is 4. The minimum absolute atomic E-state index is 0.105. The molecule has 0 fully saturated rings. The molecule has 0 aliphatic rings. The second kappa shape index (κ2) is 75.1. The third kappa shape index (κ3) is 76.8. The summed E-state index contributed by atoms with van der Waals surface area (Å²) in [6.07, 6.45) is 65.3. The number of unbranched alkanes of at least 4 members (excludes halogenated alkanes) is 50. The molecule has 0 saturated heterocycles. The van der Waals surface area contributed by atoms with Gasteiger partial charge in [-0.2, -0.15) is 0 Å². The second-order valence-corrected chi connectivity index (χ2v) is 34.7. The maximum atomic E-state index is 13.1. The Bertz CT molecular complexity index is 2010. The van der Waals surface area contributed by atoms with Crippen molar-refractivity contribution in [1.29, 1.82) is 0 Å². The number of ether oxygens (including phenoxy) is 4. The van der Waals surface area contributed by atoms with Gasteiger partial charge in [0, 0.05) is 25.7 Å². The third-order valence-electron chi connectivity index (χ3n) is 20.2. The zero-order chi connectivity index (χ0) is 76.5. The van der Waals surface area contributed by atoms with E-state index in [9.17, 15) is 43.2 Å². The molecular weight excluding hydrogens is 1350 g/mol. The van der Waals surface area contributed by atoms with Crippen LogP contribution in [0.25, 0.3) is 0 Å². The van der Waals surface area contributed by atoms with Gasteiger partial charge >= 0.3 is 39.5 Å². The van der Waals surface area contributed by atoms with Crippen molar-refractivity contribution < 1.29 is 80.2 Å². The van der Waals surface area contributed by atoms with Crippen LogP contribution in [0.2, 0.25) is 0 Å². The van der Waals surface area contributed by atoms with Crippen LogP contribution in [-0.2, 0) is 65.4 Å². The van der Waals surface area contributed by atoms with Gasteiger partial charge in [-0.05, 0) is 43.4 Å². The summed E-state index contributed by atoms with van der Waals surface area (Å²) < 4.78 is 68.8. The minimum Gasteiger partial charge on any atom is -0.462 e. The van der Waals surface area contributed by atoms with Crippen LogP contribution in [-0.4, -0.2) is 96.7 Å². The van der Waals surface area contributed by atoms with E-state index in [1.54, 1.807) is 0 Å². The van der Waals surface area contributed by atoms with E-state index in [0.717, 1.165) is 108 Å². The molecule has 0 aliphatic heterocycles. The van der Waals surface area contributed by atoms with Gasteiger partial charge in [0.05, 0.1) is 26.4 Å². The standard InChI is InChI=1S/C85H166O17P2/c1-8-10-11-12-13-14-15-16-17-18-19-23-26-29-32-37-45-52-59-66-82(87)95-72-80(101-84(89)68-61-54-47-38-33-30-27-24-21-20-22-25-28-31-35-42-49-56-63-76(3)4)74-99-103(91,92)97-70-79(86)71-98-104(93,94)100-75-81(102-85(90)69-62-55-48-39-34-36-43-50-57-64-77(5)6)73-96-83(88)67-60-53-46-41-40-44-51-58-65-78(7)9-2/h76-81,86H,8-75H2,1-7H3,(H,91,92)(H,93,94)/t78?,79-,80-,81-/m1/s1. The van der Waals surface area contributed by atoms with Gasteiger partial charge in [-0.1, -0.05) is 395 Å². The van der Waals surface area contributed by atoms with Crippen molar-refractivity contribution in [1.82, 2.24) is 0 Å². The van der Waals surface area contributed by atoms with Gasteiger partial charge in [0.25, 0.3) is 0 Å². The Morgan fingerprint density at radius 2 is 0.490 bits per heavy atom. The summed E-state index contributed by atoms with van der Waals surface area (Å²) >= 11 is 0. The van der Waals surface area contributed by atoms with Gasteiger partial charge in [0.2, 0.25) is 0 Å². The highest BCUT2D eigenvalue weighted by Gasteiger charge is 2.30. The monoisotopic (exact) mass is 1520 g/mol. The molecule has 0 bridgehead atoms. The Morgan fingerprint density at radius 1 is 0.279 bits per heavy atom. The van der Waals surface area contributed by atoms with Crippen LogP contribution in [0.5, 0.6) is 0 Å². The third-order valence-corrected chi connectivity index (χ3v) is 22.1. The molecule has 0 aromatic rings. The van der Waals surface area contributed by atoms with Gasteiger partial charge in [0.1, 0.15) is 19.3 Å². The highest BCUT2D eigenvalue weighted by atomic mass is 31.2. The SMILES string of the molecule is CCCCCCCCCCCCCCCCCCCCCC(=O)OC[C@H](COP(=O)(O)OC[C@@H](O)COP(=O)(O)OC[C@@H](COC(=O)CCCCCCCCCCC(C)CC)OC(=O)CCCCCCCCCCCC(C)C)OC(=O)CCCCCCCCCCCCCCCCCCCCC(C)C. The molecule has 3 unspecified atom stereocenters. The lowest BCUT2D eigenvalue weighted by molar-refractivity contribution is -0.161. The number of esters is 4. The van der Waals surface area contributed by atoms with E-state index < -0.39 is 97.5 Å². The van der Waals surface area contributed by atoms with E-state index in [-0.39, 0.29) is 25.7 Å². The lowest BCUT2D eigenvalue weighted by atomic mass is 9.99. The number of rotatable bonds is 83. The van der Waals surface area contributed by atoms with E-state index in [1.165, 1.54) is 257 Å². The van der Waals surface area contributed by atoms with Crippen LogP contribution in [0.3, 0.4) is 0 Å². The average molecular weight is 1520 g/mol. The Labute approximate surface area is 638 Å². The zero-order valence-corrected chi connectivity index (χ0v) is 70.3. The summed E-state index contributed by atoms with van der Waals surface area (Å²) in [7, 11) is -9.93. The predicted octanol–water partition coefficient (Wildman–Crippen LogP) is 25.7. The number of carbonyl (C=O) groups excluding carboxylic acids is 4. The molecule has 0 spiro atoms. The molecule has 0 rings (SSSR count). The molecule has 0 amide bonds. The summed E-state index contributed by atoms with van der Waals surface area (Å²) in [5.41, 5.74) is 0. The lowest BCUT2D eigenvalue weighted by Crippen LogP contribution is -2.30. The van der Waals surface area contributed by atoms with Crippen molar-refractivity contribution in [3.63, 3.8) is 0 Å². The van der Waals surface area contributed by atoms with Crippen molar-refractivity contribution in [2.24, 2.45) is 17.8 Å². The fraction of sp³-hybridized carbons (Fsp3) is 0.953. The van der Waals surface area contributed by atoms with E-state index in [1.807, 2.05) is 0 Å². The number of phosphoric acid groups is 2. The number of phosphoric ester groups is 2. The molecule has 0 heterocycles. The highest BCUT2D eigenvalue weighted by Crippen LogP contribution is 2.45. The van der Waals surface area contributed by atoms with E-state index >= 15 is 0 Å². The fourth-order valence-corrected chi connectivity index (χ4v) is 14.7. The summed E-state index contributed by atoms with van der Waals surface area (Å²) in [5.74, 6) is 0.227. The van der Waals surface area contributed by atoms with Crippen LogP contribution in [0.15, 0.2) is 0 Å². The molecular formula is C85H166O17P2. The Morgan fingerprint density at radius 3 is 0.731 bits per heavy atom. The van der Waals surface area contributed by atoms with Gasteiger partial charge in [-0.3, -0.25) is 37.3 Å². The Balaban J connectivity index is 5.23. The zero-order valence-electron chi connectivity index (χ0n) is 68.5. The van der Waals surface area contributed by atoms with Gasteiger partial charge in [-0.15, -0.1) is 0 Å². The molecule has 0 aromatic carbocycles. The predicted molar refractivity (Wildman–Crippen MR) is 428 cm³/mol. The van der Waals surface area contributed by atoms with Gasteiger partial charge in [-0.25, -0.2) is 9.13 Å². The first-order chi connectivity index (χ1) is 50.3. The van der Waals surface area contributed by atoms with Crippen LogP contribution in [0, 0.1) is 17.8 Å². The van der Waals surface area contributed by atoms with Crippen LogP contribution in [0.1, 0.15) is 447 Å². The quantitative estimate of drug-likeness (QED) is 0.0222. The molecule has 6 atom stereocenters. The molecule has 0 aromatic heterocycles. The molecule has 104 heavy (non-hydrogen) atoms. The van der Waals surface area contributed by atoms with Crippen molar-refractivity contribution in [3.05, 3.63) is 0 Å². The molecule has 3 N–H and O–H groups in total. The van der Waals surface area contributed by atoms with Gasteiger partial charge in [0.15, 0.2) is 12.2 Å². The topological polar surface area (TPSA) is 237 Å². The smallest absolute Gasteiger partial charge is 0.462 e. The molecule has 19 heteroatoms. The maximum Gasteiger partial charge on any atom is 0.472 e. The average Bonchev–Trinajstić information content (AvgIpc) is 0.906. The largest absolute Gasteiger partial charge is 0.472 e. The summed E-state index contributed by atoms with van der Waals surface area (Å²) in [5, 5.41) is 10.7. The van der Waals surface area contributed by atoms with E-state index in [4.69, 9.17) is 37.0 Å². The normalized spacial score (nSPS) is 14.2. The van der Waals surface area contributed by atoms with Crippen molar-refractivity contribution in [2.75, 3.05) is 39.6 Å². The fourth-order valence-electron chi connectivity index (χ4n) is 13.2. The molecule has 17 nitrogen and oxygen atoms in total. The summed E-state index contributed by atoms with van der Waals surface area (Å²) in [6, 6.07) is 0. The molecule has 618 valence electrons. The second-order valence-electron chi connectivity index (χ2n) is 31.8. The van der Waals surface area contributed by atoms with Crippen LogP contribution >= 0.6 is 15.6 Å². The van der Waals surface area contributed by atoms with Crippen molar-refractivity contribution in [3.8, 4) is 0 Å². The number of hydrogen-bond acceptors (Lipinski definition) is 15. The summed E-state index contributed by atoms with van der Waals surface area (Å²) in [4.78, 5) is 73.2. The molecule has 0 saturated carbocycles. The van der Waals surface area contributed by atoms with Crippen molar-refractivity contribution >= 4 is 39.5 Å². The van der Waals surface area contributed by atoms with Gasteiger partial charge < -0.3 is 33.8 Å². The van der Waals surface area contributed by atoms with Crippen LogP contribution < -0.4 is 0 Å². The van der Waals surface area contributed by atoms with E-state index in [0.29, 0.717) is 25.7 Å². The summed E-state index contributed by atoms with van der Waals surface area (Å²) in [6.45, 7) is 12.0. The highest BCUT2D eigenvalue weighted by molar-refractivity contribution is 7.47. The Kier molecular flexibility index (Phi) is 73.7. The van der Waals surface area contributed by atoms with E-state index in [2.05, 4.69) is 48.5 Å². The lowest BCUT2D eigenvalue weighted by Gasteiger charge is -2.21. The Hall–Kier alpha value is -1.94. The number of aliphatic hydroxyl groups is 1. The minimum atomic E-state index is -4.97. The van der Waals surface area contributed by atoms with Crippen molar-refractivity contribution in [2.45, 2.75) is 465 Å². The number of hydrogen-bond donors (Lipinski definition) is 3.